The Morgan fingerprint density at radius 1 is 1.12 bits per heavy atom. The summed E-state index contributed by atoms with van der Waals surface area (Å²) in [6.07, 6.45) is 3.49. The third-order valence-corrected chi connectivity index (χ3v) is 7.87. The first-order valence-electron chi connectivity index (χ1n) is 11.5. The molecule has 0 atom stereocenters. The lowest BCUT2D eigenvalue weighted by Crippen LogP contribution is -2.35. The van der Waals surface area contributed by atoms with E-state index in [2.05, 4.69) is 10.3 Å². The summed E-state index contributed by atoms with van der Waals surface area (Å²) in [5.41, 5.74) is 1.42. The Morgan fingerprint density at radius 3 is 2.59 bits per heavy atom. The maximum Gasteiger partial charge on any atom is 0.243 e. The summed E-state index contributed by atoms with van der Waals surface area (Å²) in [7, 11) is -1.67. The molecule has 1 aromatic heterocycles. The maximum atomic E-state index is 13.0. The molecule has 1 fully saturated rings. The minimum absolute atomic E-state index is 0.136. The van der Waals surface area contributed by atoms with E-state index in [1.165, 1.54) is 24.3 Å². The normalized spacial score (nSPS) is 14.9. The molecule has 1 aliphatic heterocycles. The number of imidazole rings is 1. The van der Waals surface area contributed by atoms with Gasteiger partial charge in [0.1, 0.15) is 24.0 Å². The van der Waals surface area contributed by atoms with E-state index in [4.69, 9.17) is 4.74 Å². The molecule has 1 aliphatic rings. The molecule has 4 rings (SSSR count). The smallest absolute Gasteiger partial charge is 0.243 e. The van der Waals surface area contributed by atoms with Crippen molar-refractivity contribution < 1.29 is 22.3 Å². The van der Waals surface area contributed by atoms with Gasteiger partial charge < -0.3 is 14.6 Å². The van der Waals surface area contributed by atoms with E-state index >= 15 is 0 Å². The van der Waals surface area contributed by atoms with Crippen LogP contribution in [0.15, 0.2) is 47.4 Å². The second-order valence-corrected chi connectivity index (χ2v) is 10.3. The fourth-order valence-electron chi connectivity index (χ4n) is 4.07. The highest BCUT2D eigenvalue weighted by atomic mass is 32.2. The van der Waals surface area contributed by atoms with E-state index in [1.807, 2.05) is 11.6 Å². The number of ether oxygens (including phenoxy) is 1. The van der Waals surface area contributed by atoms with Gasteiger partial charge in [-0.1, -0.05) is 6.42 Å². The second kappa shape index (κ2) is 10.5. The van der Waals surface area contributed by atoms with Crippen molar-refractivity contribution in [3.05, 3.63) is 54.1 Å². The monoisotopic (exact) mass is 488 g/mol. The molecule has 0 saturated carbocycles. The molecule has 1 N–H and O–H groups in total. The number of fused-ring (bicyclic) bond motifs is 1. The van der Waals surface area contributed by atoms with E-state index in [-0.39, 0.29) is 29.6 Å². The predicted octanol–water partition coefficient (Wildman–Crippen LogP) is 3.01. The molecule has 3 aromatic rings. The predicted molar refractivity (Wildman–Crippen MR) is 127 cm³/mol. The highest BCUT2D eigenvalue weighted by Crippen LogP contribution is 2.25. The number of nitrogens with zero attached hydrogens (tertiary/aromatic N) is 3. The van der Waals surface area contributed by atoms with Crippen LogP contribution in [0.5, 0.6) is 5.75 Å². The van der Waals surface area contributed by atoms with Gasteiger partial charge in [0.2, 0.25) is 15.9 Å². The van der Waals surface area contributed by atoms with Crippen molar-refractivity contribution in [2.24, 2.45) is 7.05 Å². The van der Waals surface area contributed by atoms with E-state index in [0.29, 0.717) is 43.1 Å². The van der Waals surface area contributed by atoms with Gasteiger partial charge in [-0.2, -0.15) is 4.31 Å². The van der Waals surface area contributed by atoms with Crippen LogP contribution in [0.25, 0.3) is 11.0 Å². The molecular weight excluding hydrogens is 459 g/mol. The lowest BCUT2D eigenvalue weighted by atomic mass is 10.2. The summed E-state index contributed by atoms with van der Waals surface area (Å²) in [5, 5.41) is 2.79. The summed E-state index contributed by atoms with van der Waals surface area (Å²) in [5.74, 6) is 0.780. The molecule has 8 nitrogen and oxygen atoms in total. The van der Waals surface area contributed by atoms with E-state index < -0.39 is 10.0 Å². The summed E-state index contributed by atoms with van der Waals surface area (Å²) < 4.78 is 47.8. The molecule has 0 bridgehead atoms. The van der Waals surface area contributed by atoms with Crippen LogP contribution in [0.4, 0.5) is 4.39 Å². The SMILES string of the molecule is Cn1c(CCC(=O)NCCOc2ccc(F)cc2)nc2cc(S(=O)(=O)N3CCCCC3)ccc21. The van der Waals surface area contributed by atoms with Crippen LogP contribution in [0.1, 0.15) is 31.5 Å². The van der Waals surface area contributed by atoms with Crippen molar-refractivity contribution in [3.8, 4) is 5.75 Å². The Morgan fingerprint density at radius 2 is 1.85 bits per heavy atom. The van der Waals surface area contributed by atoms with Crippen molar-refractivity contribution in [2.45, 2.75) is 37.0 Å². The van der Waals surface area contributed by atoms with Crippen LogP contribution in [0.3, 0.4) is 0 Å². The Hall–Kier alpha value is -2.98. The molecule has 1 amide bonds. The van der Waals surface area contributed by atoms with Crippen LogP contribution in [0, 0.1) is 5.82 Å². The minimum atomic E-state index is -3.53. The van der Waals surface area contributed by atoms with Crippen molar-refractivity contribution in [1.29, 1.82) is 0 Å². The number of aryl methyl sites for hydroxylation is 2. The van der Waals surface area contributed by atoms with Crippen molar-refractivity contribution in [3.63, 3.8) is 0 Å². The van der Waals surface area contributed by atoms with Gasteiger partial charge in [-0.25, -0.2) is 17.8 Å². The van der Waals surface area contributed by atoms with Crippen LogP contribution < -0.4 is 10.1 Å². The molecule has 2 heterocycles. The number of nitrogens with one attached hydrogen (secondary N) is 1. The van der Waals surface area contributed by atoms with Crippen LogP contribution >= 0.6 is 0 Å². The topological polar surface area (TPSA) is 93.5 Å². The van der Waals surface area contributed by atoms with Crippen LogP contribution in [-0.2, 0) is 28.3 Å². The Labute approximate surface area is 198 Å². The lowest BCUT2D eigenvalue weighted by molar-refractivity contribution is -0.121. The highest BCUT2D eigenvalue weighted by molar-refractivity contribution is 7.89. The van der Waals surface area contributed by atoms with Gasteiger partial charge in [-0.3, -0.25) is 4.79 Å². The summed E-state index contributed by atoms with van der Waals surface area (Å²) >= 11 is 0. The first-order valence-corrected chi connectivity index (χ1v) is 12.9. The third kappa shape index (κ3) is 5.56. The number of sulfonamides is 1. The highest BCUT2D eigenvalue weighted by Gasteiger charge is 2.26. The van der Waals surface area contributed by atoms with Crippen molar-refractivity contribution in [1.82, 2.24) is 19.2 Å². The number of hydrogen-bond acceptors (Lipinski definition) is 5. The van der Waals surface area contributed by atoms with Crippen molar-refractivity contribution in [2.75, 3.05) is 26.2 Å². The zero-order valence-electron chi connectivity index (χ0n) is 19.2. The van der Waals surface area contributed by atoms with Gasteiger partial charge in [-0.05, 0) is 55.3 Å². The molecular formula is C24H29FN4O4S. The number of aromatic nitrogens is 2. The molecule has 34 heavy (non-hydrogen) atoms. The van der Waals surface area contributed by atoms with Gasteiger partial charge in [0.25, 0.3) is 0 Å². The van der Waals surface area contributed by atoms with Crippen LogP contribution in [0.2, 0.25) is 0 Å². The van der Waals surface area contributed by atoms with E-state index in [9.17, 15) is 17.6 Å². The zero-order valence-corrected chi connectivity index (χ0v) is 20.0. The molecule has 0 aliphatic carbocycles. The number of amides is 1. The molecule has 0 spiro atoms. The quantitative estimate of drug-likeness (QED) is 0.468. The molecule has 10 heteroatoms. The Kier molecular flexibility index (Phi) is 7.47. The van der Waals surface area contributed by atoms with Gasteiger partial charge in [0, 0.05) is 33.0 Å². The first kappa shape index (κ1) is 24.2. The fraction of sp³-hybridized carbons (Fsp3) is 0.417. The molecule has 0 unspecified atom stereocenters. The summed E-state index contributed by atoms with van der Waals surface area (Å²) in [4.78, 5) is 17.1. The van der Waals surface area contributed by atoms with Crippen LogP contribution in [-0.4, -0.2) is 54.4 Å². The molecule has 182 valence electrons. The average molecular weight is 489 g/mol. The molecule has 2 aromatic carbocycles. The molecule has 0 radical (unpaired) electrons. The third-order valence-electron chi connectivity index (χ3n) is 5.98. The zero-order chi connectivity index (χ0) is 24.1. The van der Waals surface area contributed by atoms with Gasteiger partial charge >= 0.3 is 0 Å². The largest absolute Gasteiger partial charge is 0.492 e. The molecule has 1 saturated heterocycles. The number of halogens is 1. The number of piperidine rings is 1. The van der Waals surface area contributed by atoms with E-state index in [0.717, 1.165) is 24.8 Å². The number of carbonyl (C=O) groups is 1. The van der Waals surface area contributed by atoms with Gasteiger partial charge in [0.15, 0.2) is 0 Å². The lowest BCUT2D eigenvalue weighted by Gasteiger charge is -2.25. The van der Waals surface area contributed by atoms with Gasteiger partial charge in [-0.15, -0.1) is 0 Å². The standard InChI is InChI=1S/C24H29FN4O4S/c1-28-22-10-9-20(34(31,32)29-14-3-2-4-15-29)17-21(22)27-23(28)11-12-24(30)26-13-16-33-19-7-5-18(25)6-8-19/h5-10,17H,2-4,11-16H2,1H3,(H,26,30). The van der Waals surface area contributed by atoms with E-state index in [1.54, 1.807) is 22.5 Å². The second-order valence-electron chi connectivity index (χ2n) is 8.35. The van der Waals surface area contributed by atoms with Gasteiger partial charge in [0.05, 0.1) is 22.5 Å². The minimum Gasteiger partial charge on any atom is -0.492 e. The summed E-state index contributed by atoms with van der Waals surface area (Å²) in [6.45, 7) is 1.71. The number of rotatable bonds is 9. The number of carbonyl (C=O) groups excluding carboxylic acids is 1. The first-order chi connectivity index (χ1) is 16.3. The Balaban J connectivity index is 1.32. The number of hydrogen-bond donors (Lipinski definition) is 1. The average Bonchev–Trinajstić information content (AvgIpc) is 3.17. The van der Waals surface area contributed by atoms with Crippen molar-refractivity contribution >= 4 is 27.0 Å². The number of benzene rings is 2. The summed E-state index contributed by atoms with van der Waals surface area (Å²) in [6, 6.07) is 10.7. The maximum absolute atomic E-state index is 13.0. The Bertz CT molecular complexity index is 1250. The fourth-order valence-corrected chi connectivity index (χ4v) is 5.61.